The predicted octanol–water partition coefficient (Wildman–Crippen LogP) is 1.85. The summed E-state index contributed by atoms with van der Waals surface area (Å²) in [5.41, 5.74) is 5.81. The number of rotatable bonds is 3. The minimum atomic E-state index is -0.316. The van der Waals surface area contributed by atoms with Crippen LogP contribution in [0, 0.1) is 5.92 Å². The molecule has 0 fully saturated rings. The lowest BCUT2D eigenvalue weighted by atomic mass is 9.91. The molecule has 0 saturated heterocycles. The molecule has 0 spiro atoms. The van der Waals surface area contributed by atoms with Gasteiger partial charge < -0.3 is 10.5 Å². The van der Waals surface area contributed by atoms with Crippen LogP contribution in [0.15, 0.2) is 23.2 Å². The molecule has 14 heavy (non-hydrogen) atoms. The quantitative estimate of drug-likeness (QED) is 0.695. The summed E-state index contributed by atoms with van der Waals surface area (Å²) < 4.78 is 5.28. The van der Waals surface area contributed by atoms with Gasteiger partial charge >= 0.3 is 0 Å². The maximum absolute atomic E-state index is 10.8. The van der Waals surface area contributed by atoms with Gasteiger partial charge in [0.15, 0.2) is 0 Å². The van der Waals surface area contributed by atoms with Crippen molar-refractivity contribution in [1.82, 2.24) is 0 Å². The fraction of sp³-hybridized carbons (Fsp3) is 0.545. The maximum Gasteiger partial charge on any atom is 0.244 e. The molecule has 0 aromatic heterocycles. The molecule has 2 aliphatic rings. The number of hydrogen-bond acceptors (Lipinski definition) is 2. The van der Waals surface area contributed by atoms with E-state index in [1.807, 2.05) is 6.08 Å². The molecular weight excluding hydrogens is 178 g/mol. The molecule has 1 aliphatic carbocycles. The van der Waals surface area contributed by atoms with E-state index in [0.29, 0.717) is 11.5 Å². The van der Waals surface area contributed by atoms with E-state index in [2.05, 4.69) is 0 Å². The Bertz CT molecular complexity index is 328. The minimum Gasteiger partial charge on any atom is -0.459 e. The number of primary amides is 1. The first-order chi connectivity index (χ1) is 6.66. The van der Waals surface area contributed by atoms with Gasteiger partial charge in [-0.2, -0.15) is 0 Å². The lowest BCUT2D eigenvalue weighted by Gasteiger charge is -2.11. The monoisotopic (exact) mass is 193 g/mol. The zero-order valence-corrected chi connectivity index (χ0v) is 8.38. The smallest absolute Gasteiger partial charge is 0.244 e. The largest absolute Gasteiger partial charge is 0.459 e. The third kappa shape index (κ3) is 1.97. The second kappa shape index (κ2) is 3.48. The summed E-state index contributed by atoms with van der Waals surface area (Å²) in [5.74, 6) is 2.71. The van der Waals surface area contributed by atoms with Gasteiger partial charge in [-0.1, -0.05) is 6.08 Å². The van der Waals surface area contributed by atoms with Crippen LogP contribution in [-0.2, 0) is 9.53 Å². The van der Waals surface area contributed by atoms with Gasteiger partial charge in [0, 0.05) is 18.4 Å². The Hall–Kier alpha value is -1.25. The summed E-state index contributed by atoms with van der Waals surface area (Å²) in [5, 5.41) is 0. The average molecular weight is 193 g/mol. The Morgan fingerprint density at radius 3 is 3.07 bits per heavy atom. The topological polar surface area (TPSA) is 55.6 Å². The van der Waals surface area contributed by atoms with Crippen molar-refractivity contribution in [2.75, 3.05) is 0 Å². The van der Waals surface area contributed by atoms with Crippen molar-refractivity contribution in [3.8, 4) is 0 Å². The van der Waals surface area contributed by atoms with Gasteiger partial charge in [0.2, 0.25) is 5.91 Å². The molecule has 2 N–H and O–H groups in total. The summed E-state index contributed by atoms with van der Waals surface area (Å²) in [6.45, 7) is 1.77. The Morgan fingerprint density at radius 1 is 1.64 bits per heavy atom. The Balaban J connectivity index is 1.84. The van der Waals surface area contributed by atoms with E-state index in [1.54, 1.807) is 6.92 Å². The van der Waals surface area contributed by atoms with E-state index >= 15 is 0 Å². The van der Waals surface area contributed by atoms with E-state index in [9.17, 15) is 4.79 Å². The van der Waals surface area contributed by atoms with Crippen molar-refractivity contribution in [2.24, 2.45) is 11.7 Å². The van der Waals surface area contributed by atoms with Crippen LogP contribution in [0.25, 0.3) is 0 Å². The van der Waals surface area contributed by atoms with Crippen molar-refractivity contribution in [2.45, 2.75) is 32.6 Å². The fourth-order valence-corrected chi connectivity index (χ4v) is 1.81. The van der Waals surface area contributed by atoms with Crippen LogP contribution in [0.4, 0.5) is 0 Å². The second-order valence-corrected chi connectivity index (χ2v) is 4.04. The van der Waals surface area contributed by atoms with Gasteiger partial charge in [-0.05, 0) is 25.7 Å². The molecule has 76 valence electrons. The van der Waals surface area contributed by atoms with Gasteiger partial charge in [0.05, 0.1) is 0 Å². The van der Waals surface area contributed by atoms with Gasteiger partial charge in [-0.25, -0.2) is 0 Å². The molecular formula is C11H15NO2. The number of amides is 1. The molecule has 0 saturated carbocycles. The summed E-state index contributed by atoms with van der Waals surface area (Å²) >= 11 is 0. The molecule has 3 heteroatoms. The summed E-state index contributed by atoms with van der Waals surface area (Å²) in [7, 11) is 0. The second-order valence-electron chi connectivity index (χ2n) is 4.04. The lowest BCUT2D eigenvalue weighted by Crippen LogP contribution is -2.12. The number of carbonyl (C=O) groups excluding carboxylic acids is 1. The third-order valence-electron chi connectivity index (χ3n) is 2.92. The summed E-state index contributed by atoms with van der Waals surface area (Å²) in [6, 6.07) is 0. The number of nitrogens with two attached hydrogens (primary N) is 1. The fourth-order valence-electron chi connectivity index (χ4n) is 1.81. The molecule has 0 radical (unpaired) electrons. The molecule has 1 unspecified atom stereocenters. The highest BCUT2D eigenvalue weighted by atomic mass is 16.6. The van der Waals surface area contributed by atoms with Crippen molar-refractivity contribution in [3.05, 3.63) is 23.2 Å². The molecule has 0 aromatic carbocycles. The SMILES string of the molecule is CC(=CCC1CCC2=C(C1)O2)C(N)=O. The third-order valence-corrected chi connectivity index (χ3v) is 2.92. The van der Waals surface area contributed by atoms with Crippen LogP contribution < -0.4 is 5.73 Å². The normalized spacial score (nSPS) is 25.5. The van der Waals surface area contributed by atoms with Gasteiger partial charge in [0.1, 0.15) is 11.5 Å². The van der Waals surface area contributed by atoms with Crippen LogP contribution >= 0.6 is 0 Å². The van der Waals surface area contributed by atoms with Crippen LogP contribution in [0.2, 0.25) is 0 Å². The first-order valence-electron chi connectivity index (χ1n) is 5.03. The van der Waals surface area contributed by atoms with Crippen LogP contribution in [-0.4, -0.2) is 5.91 Å². The highest BCUT2D eigenvalue weighted by molar-refractivity contribution is 5.91. The van der Waals surface area contributed by atoms with E-state index in [4.69, 9.17) is 10.5 Å². The number of carbonyl (C=O) groups is 1. The van der Waals surface area contributed by atoms with Crippen LogP contribution in [0.5, 0.6) is 0 Å². The maximum atomic E-state index is 10.8. The standard InChI is InChI=1S/C11H15NO2/c1-7(11(12)13)2-3-8-4-5-9-10(6-8)14-9/h2,8H,3-6H2,1H3,(H2,12,13). The Kier molecular flexibility index (Phi) is 2.32. The highest BCUT2D eigenvalue weighted by Crippen LogP contribution is 2.43. The molecule has 2 rings (SSSR count). The number of allylic oxidation sites excluding steroid dienone is 3. The number of hydrogen-bond donors (Lipinski definition) is 1. The van der Waals surface area contributed by atoms with Gasteiger partial charge in [0.25, 0.3) is 0 Å². The Morgan fingerprint density at radius 2 is 2.43 bits per heavy atom. The molecule has 0 aromatic rings. The zero-order chi connectivity index (χ0) is 10.1. The molecule has 1 aliphatic heterocycles. The molecule has 1 amide bonds. The molecule has 1 atom stereocenters. The van der Waals surface area contributed by atoms with E-state index < -0.39 is 0 Å². The first kappa shape index (κ1) is 9.31. The van der Waals surface area contributed by atoms with Crippen molar-refractivity contribution in [1.29, 1.82) is 0 Å². The van der Waals surface area contributed by atoms with Crippen LogP contribution in [0.1, 0.15) is 32.6 Å². The van der Waals surface area contributed by atoms with Gasteiger partial charge in [-0.3, -0.25) is 4.79 Å². The van der Waals surface area contributed by atoms with Crippen molar-refractivity contribution >= 4 is 5.91 Å². The average Bonchev–Trinajstić information content (AvgIpc) is 2.91. The number of ether oxygens (including phenoxy) is 1. The lowest BCUT2D eigenvalue weighted by molar-refractivity contribution is -0.114. The van der Waals surface area contributed by atoms with E-state index in [0.717, 1.165) is 19.3 Å². The zero-order valence-electron chi connectivity index (χ0n) is 8.38. The van der Waals surface area contributed by atoms with E-state index in [1.165, 1.54) is 17.9 Å². The molecule has 1 heterocycles. The van der Waals surface area contributed by atoms with Crippen molar-refractivity contribution < 1.29 is 9.53 Å². The minimum absolute atomic E-state index is 0.316. The van der Waals surface area contributed by atoms with E-state index in [-0.39, 0.29) is 5.91 Å². The summed E-state index contributed by atoms with van der Waals surface area (Å²) in [6.07, 6.45) is 6.17. The summed E-state index contributed by atoms with van der Waals surface area (Å²) in [4.78, 5) is 10.8. The van der Waals surface area contributed by atoms with Crippen LogP contribution in [0.3, 0.4) is 0 Å². The first-order valence-corrected chi connectivity index (χ1v) is 5.03. The van der Waals surface area contributed by atoms with Crippen molar-refractivity contribution in [3.63, 3.8) is 0 Å². The molecule has 3 nitrogen and oxygen atoms in total. The predicted molar refractivity (Wildman–Crippen MR) is 53.0 cm³/mol. The van der Waals surface area contributed by atoms with Gasteiger partial charge in [-0.15, -0.1) is 0 Å². The Labute approximate surface area is 83.6 Å². The molecule has 0 bridgehead atoms. The highest BCUT2D eigenvalue weighted by Gasteiger charge is 2.32.